The van der Waals surface area contributed by atoms with Gasteiger partial charge in [0.1, 0.15) is 5.82 Å². The van der Waals surface area contributed by atoms with Gasteiger partial charge < -0.3 is 10.8 Å². The Morgan fingerprint density at radius 3 is 2.47 bits per heavy atom. The molecular formula is C24H19FN4O5. The second-order valence-electron chi connectivity index (χ2n) is 7.81. The number of nitrogens with one attached hydrogen (secondary N) is 1. The topological polar surface area (TPSA) is 146 Å². The average Bonchev–Trinajstić information content (AvgIpc) is 2.79. The second-order valence-corrected chi connectivity index (χ2v) is 7.81. The largest absolute Gasteiger partial charge is 0.478 e. The highest BCUT2D eigenvalue weighted by Crippen LogP contribution is 2.39. The lowest BCUT2D eigenvalue weighted by Crippen LogP contribution is -2.35. The molecule has 1 aliphatic rings. The van der Waals surface area contributed by atoms with Crippen LogP contribution in [0.15, 0.2) is 65.2 Å². The fourth-order valence-corrected chi connectivity index (χ4v) is 4.01. The first-order valence-corrected chi connectivity index (χ1v) is 10.2. The van der Waals surface area contributed by atoms with E-state index in [1.165, 1.54) is 54.9 Å². The number of halogens is 1. The summed E-state index contributed by atoms with van der Waals surface area (Å²) in [5.41, 5.74) is 6.42. The number of carboxylic acid groups (broad SMARTS) is 1. The number of nitrogens with zero attached hydrogens (tertiary/aromatic N) is 2. The van der Waals surface area contributed by atoms with Crippen LogP contribution in [0.3, 0.4) is 0 Å². The lowest BCUT2D eigenvalue weighted by Gasteiger charge is -2.31. The van der Waals surface area contributed by atoms with E-state index in [4.69, 9.17) is 5.73 Å². The quantitative estimate of drug-likeness (QED) is 0.531. The van der Waals surface area contributed by atoms with Crippen LogP contribution in [0.2, 0.25) is 0 Å². The van der Waals surface area contributed by atoms with Crippen molar-refractivity contribution in [3.05, 3.63) is 93.3 Å². The highest BCUT2D eigenvalue weighted by molar-refractivity contribution is 6.06. The number of aliphatic carboxylic acids is 1. The summed E-state index contributed by atoms with van der Waals surface area (Å²) in [5.74, 6) is -3.69. The Kier molecular flexibility index (Phi) is 5.80. The van der Waals surface area contributed by atoms with Crippen molar-refractivity contribution < 1.29 is 23.9 Å². The molecule has 10 heteroatoms. The van der Waals surface area contributed by atoms with Gasteiger partial charge in [-0.15, -0.1) is 0 Å². The Balaban J connectivity index is 1.92. The number of carboxylic acids is 1. The highest BCUT2D eigenvalue weighted by Gasteiger charge is 2.34. The Labute approximate surface area is 192 Å². The maximum absolute atomic E-state index is 13.4. The number of carbonyl (C=O) groups is 3. The Morgan fingerprint density at radius 2 is 1.85 bits per heavy atom. The first-order chi connectivity index (χ1) is 16.2. The molecule has 0 unspecified atom stereocenters. The molecule has 34 heavy (non-hydrogen) atoms. The Bertz CT molecular complexity index is 1410. The number of rotatable bonds is 5. The van der Waals surface area contributed by atoms with E-state index in [1.807, 2.05) is 0 Å². The maximum Gasteiger partial charge on any atom is 0.333 e. The summed E-state index contributed by atoms with van der Waals surface area (Å²) >= 11 is 0. The van der Waals surface area contributed by atoms with Crippen molar-refractivity contribution in [3.63, 3.8) is 0 Å². The molecule has 0 saturated heterocycles. The van der Waals surface area contributed by atoms with Gasteiger partial charge in [-0.05, 0) is 48.4 Å². The fraction of sp³-hybridized carbons (Fsp3) is 0.125. The van der Waals surface area contributed by atoms with E-state index in [9.17, 15) is 28.7 Å². The Hall–Kier alpha value is -4.60. The lowest BCUT2D eigenvalue weighted by molar-refractivity contribution is -0.133. The van der Waals surface area contributed by atoms with Crippen LogP contribution in [0.5, 0.6) is 0 Å². The van der Waals surface area contributed by atoms with Crippen molar-refractivity contribution >= 4 is 23.5 Å². The van der Waals surface area contributed by atoms with Crippen molar-refractivity contribution in [2.75, 3.05) is 4.90 Å². The number of amides is 2. The summed E-state index contributed by atoms with van der Waals surface area (Å²) in [6.45, 7) is 1.61. The van der Waals surface area contributed by atoms with Crippen LogP contribution in [0.1, 0.15) is 33.8 Å². The summed E-state index contributed by atoms with van der Waals surface area (Å²) in [7, 11) is 0. The number of primary amides is 1. The molecule has 0 radical (unpaired) electrons. The van der Waals surface area contributed by atoms with Crippen LogP contribution in [-0.4, -0.2) is 33.1 Å². The number of hydrogen-bond acceptors (Lipinski definition) is 5. The number of aryl methyl sites for hydroxylation is 1. The number of anilines is 1. The third-order valence-corrected chi connectivity index (χ3v) is 5.69. The van der Waals surface area contributed by atoms with Crippen molar-refractivity contribution in [1.29, 1.82) is 0 Å². The van der Waals surface area contributed by atoms with E-state index in [2.05, 4.69) is 10.2 Å². The first-order valence-electron chi connectivity index (χ1n) is 10.2. The van der Waals surface area contributed by atoms with Gasteiger partial charge in [0.25, 0.3) is 5.56 Å². The van der Waals surface area contributed by atoms with Gasteiger partial charge in [-0.1, -0.05) is 12.1 Å². The summed E-state index contributed by atoms with van der Waals surface area (Å²) in [6.07, 6.45) is 2.33. The van der Waals surface area contributed by atoms with Gasteiger partial charge in [0.15, 0.2) is 0 Å². The van der Waals surface area contributed by atoms with E-state index in [1.54, 1.807) is 6.92 Å². The average molecular weight is 462 g/mol. The normalized spacial score (nSPS) is 15.7. The van der Waals surface area contributed by atoms with Crippen molar-refractivity contribution in [2.45, 2.75) is 19.3 Å². The first kappa shape index (κ1) is 22.6. The maximum atomic E-state index is 13.4. The van der Waals surface area contributed by atoms with Gasteiger partial charge in [-0.25, -0.2) is 14.3 Å². The molecule has 3 aromatic rings. The van der Waals surface area contributed by atoms with Gasteiger partial charge in [-0.3, -0.25) is 19.3 Å². The number of hydrogen-bond donors (Lipinski definition) is 3. The van der Waals surface area contributed by atoms with E-state index in [0.29, 0.717) is 11.1 Å². The number of nitrogens with two attached hydrogens (primary N) is 1. The predicted octanol–water partition coefficient (Wildman–Crippen LogP) is 2.47. The fourth-order valence-electron chi connectivity index (χ4n) is 4.01. The van der Waals surface area contributed by atoms with Gasteiger partial charge in [0, 0.05) is 35.9 Å². The smallest absolute Gasteiger partial charge is 0.333 e. The number of carbonyl (C=O) groups excluding carboxylic acids is 2. The Morgan fingerprint density at radius 1 is 1.15 bits per heavy atom. The minimum absolute atomic E-state index is 0.0857. The minimum Gasteiger partial charge on any atom is -0.478 e. The standard InChI is InChI=1S/C24H19FN4O5/c1-12-8-20(18(9-16(12)22(26)31)15-6-7-27-28-23(15)32)29-11-19(24(33)34)17(10-21(29)30)13-2-4-14(25)5-3-13/h2-9,11,17H,10H2,1H3,(H2,26,31)(H,28,32)(H,33,34)/t17-/m0/s1. The van der Waals surface area contributed by atoms with Crippen molar-refractivity contribution in [3.8, 4) is 11.1 Å². The monoisotopic (exact) mass is 462 g/mol. The van der Waals surface area contributed by atoms with Crippen LogP contribution in [0, 0.1) is 12.7 Å². The lowest BCUT2D eigenvalue weighted by atomic mass is 9.85. The molecule has 1 aliphatic heterocycles. The number of benzene rings is 2. The molecule has 4 N–H and O–H groups in total. The van der Waals surface area contributed by atoms with Crippen LogP contribution in [0.25, 0.3) is 11.1 Å². The van der Waals surface area contributed by atoms with E-state index < -0.39 is 35.1 Å². The van der Waals surface area contributed by atoms with Crippen molar-refractivity contribution in [2.24, 2.45) is 5.73 Å². The molecule has 9 nitrogen and oxygen atoms in total. The SMILES string of the molecule is Cc1cc(N2C=C(C(=O)O)[C@H](c3ccc(F)cc3)CC2=O)c(-c2ccn[nH]c2=O)cc1C(N)=O. The van der Waals surface area contributed by atoms with Crippen LogP contribution in [-0.2, 0) is 9.59 Å². The molecule has 2 aromatic carbocycles. The van der Waals surface area contributed by atoms with Gasteiger partial charge in [0.2, 0.25) is 11.8 Å². The summed E-state index contributed by atoms with van der Waals surface area (Å²) < 4.78 is 13.4. The zero-order chi connectivity index (χ0) is 24.6. The molecule has 2 amide bonds. The van der Waals surface area contributed by atoms with E-state index in [-0.39, 0.29) is 34.4 Å². The van der Waals surface area contributed by atoms with E-state index in [0.717, 1.165) is 4.90 Å². The number of H-pyrrole nitrogens is 1. The summed E-state index contributed by atoms with van der Waals surface area (Å²) in [5, 5.41) is 15.8. The molecule has 172 valence electrons. The van der Waals surface area contributed by atoms with Gasteiger partial charge in [-0.2, -0.15) is 5.10 Å². The summed E-state index contributed by atoms with van der Waals surface area (Å²) in [6, 6.07) is 9.58. The molecular weight excluding hydrogens is 443 g/mol. The molecule has 0 fully saturated rings. The third-order valence-electron chi connectivity index (χ3n) is 5.69. The molecule has 1 aromatic heterocycles. The predicted molar refractivity (Wildman–Crippen MR) is 121 cm³/mol. The minimum atomic E-state index is -1.25. The zero-order valence-corrected chi connectivity index (χ0v) is 17.9. The molecule has 0 saturated carbocycles. The second kappa shape index (κ2) is 8.74. The molecule has 2 heterocycles. The van der Waals surface area contributed by atoms with Crippen LogP contribution in [0.4, 0.5) is 10.1 Å². The van der Waals surface area contributed by atoms with Crippen LogP contribution < -0.4 is 16.2 Å². The van der Waals surface area contributed by atoms with E-state index >= 15 is 0 Å². The highest BCUT2D eigenvalue weighted by atomic mass is 19.1. The third kappa shape index (κ3) is 4.08. The molecule has 4 rings (SSSR count). The molecule has 0 spiro atoms. The zero-order valence-electron chi connectivity index (χ0n) is 17.9. The summed E-state index contributed by atoms with van der Waals surface area (Å²) in [4.78, 5) is 50.9. The molecule has 1 atom stereocenters. The van der Waals surface area contributed by atoms with Gasteiger partial charge >= 0.3 is 5.97 Å². The van der Waals surface area contributed by atoms with Gasteiger partial charge in [0.05, 0.1) is 16.8 Å². The number of aromatic amines is 1. The van der Waals surface area contributed by atoms with Crippen LogP contribution >= 0.6 is 0 Å². The number of aromatic nitrogens is 2. The van der Waals surface area contributed by atoms with Crippen molar-refractivity contribution in [1.82, 2.24) is 10.2 Å². The molecule has 0 bridgehead atoms. The molecule has 0 aliphatic carbocycles.